The normalized spacial score (nSPS) is 23.8. The van der Waals surface area contributed by atoms with Crippen LogP contribution in [0.4, 0.5) is 0 Å². The summed E-state index contributed by atoms with van der Waals surface area (Å²) in [5.74, 6) is 0.576. The predicted molar refractivity (Wildman–Crippen MR) is 42.8 cm³/mol. The molecular weight excluding hydrogens is 124 g/mol. The molecule has 1 heteroatoms. The minimum absolute atomic E-state index is 0.409. The van der Waals surface area contributed by atoms with Gasteiger partial charge in [-0.1, -0.05) is 6.08 Å². The van der Waals surface area contributed by atoms with Gasteiger partial charge in [-0.25, -0.2) is 0 Å². The van der Waals surface area contributed by atoms with E-state index >= 15 is 0 Å². The first-order valence-electron chi connectivity index (χ1n) is 4.00. The van der Waals surface area contributed by atoms with Crippen LogP contribution in [0, 0.1) is 5.92 Å². The number of rotatable bonds is 4. The van der Waals surface area contributed by atoms with Gasteiger partial charge in [-0.3, -0.25) is 0 Å². The molecular formula is C9H16O. The Morgan fingerprint density at radius 3 is 2.70 bits per heavy atom. The van der Waals surface area contributed by atoms with Gasteiger partial charge in [0.05, 0.1) is 5.60 Å². The third-order valence-corrected chi connectivity index (χ3v) is 2.31. The summed E-state index contributed by atoms with van der Waals surface area (Å²) >= 11 is 0. The molecule has 1 aliphatic rings. The second-order valence-electron chi connectivity index (χ2n) is 3.46. The van der Waals surface area contributed by atoms with Crippen molar-refractivity contribution in [3.05, 3.63) is 12.7 Å². The largest absolute Gasteiger partial charge is 0.390 e. The third-order valence-electron chi connectivity index (χ3n) is 2.31. The molecule has 1 fully saturated rings. The summed E-state index contributed by atoms with van der Waals surface area (Å²) in [6.45, 7) is 5.57. The molecule has 1 nitrogen and oxygen atoms in total. The Bertz CT molecular complexity index is 123. The molecule has 1 saturated carbocycles. The van der Waals surface area contributed by atoms with Crippen LogP contribution < -0.4 is 0 Å². The fourth-order valence-electron chi connectivity index (χ4n) is 1.30. The molecule has 1 aliphatic carbocycles. The van der Waals surface area contributed by atoms with Gasteiger partial charge >= 0.3 is 0 Å². The van der Waals surface area contributed by atoms with E-state index in [1.54, 1.807) is 0 Å². The van der Waals surface area contributed by atoms with Crippen molar-refractivity contribution in [2.45, 2.75) is 38.2 Å². The van der Waals surface area contributed by atoms with Crippen molar-refractivity contribution in [2.24, 2.45) is 5.92 Å². The highest BCUT2D eigenvalue weighted by Crippen LogP contribution is 2.41. The van der Waals surface area contributed by atoms with Gasteiger partial charge < -0.3 is 5.11 Å². The Labute approximate surface area is 62.8 Å². The summed E-state index contributed by atoms with van der Waals surface area (Å²) in [6.07, 6.45) is 6.11. The zero-order valence-corrected chi connectivity index (χ0v) is 6.64. The molecule has 0 amide bonds. The second kappa shape index (κ2) is 2.75. The quantitative estimate of drug-likeness (QED) is 0.593. The van der Waals surface area contributed by atoms with Gasteiger partial charge in [0.2, 0.25) is 0 Å². The minimum atomic E-state index is -0.409. The summed E-state index contributed by atoms with van der Waals surface area (Å²) in [4.78, 5) is 0. The van der Waals surface area contributed by atoms with Gasteiger partial charge in [0.1, 0.15) is 0 Å². The Balaban J connectivity index is 2.27. The summed E-state index contributed by atoms with van der Waals surface area (Å²) in [5.41, 5.74) is -0.409. The van der Waals surface area contributed by atoms with Crippen LogP contribution in [0.25, 0.3) is 0 Å². The topological polar surface area (TPSA) is 20.2 Å². The smallest absolute Gasteiger partial charge is 0.0650 e. The van der Waals surface area contributed by atoms with E-state index in [2.05, 4.69) is 6.58 Å². The molecule has 0 saturated heterocycles. The summed E-state index contributed by atoms with van der Waals surface area (Å²) in [5, 5.41) is 9.74. The zero-order chi connectivity index (χ0) is 7.61. The first kappa shape index (κ1) is 7.80. The van der Waals surface area contributed by atoms with Crippen LogP contribution in [-0.2, 0) is 0 Å². The molecule has 1 atom stereocenters. The molecule has 0 aliphatic heterocycles. The van der Waals surface area contributed by atoms with Crippen LogP contribution in [0.2, 0.25) is 0 Å². The maximum atomic E-state index is 9.74. The maximum Gasteiger partial charge on any atom is 0.0650 e. The van der Waals surface area contributed by atoms with E-state index in [0.29, 0.717) is 5.92 Å². The molecule has 0 radical (unpaired) electrons. The average molecular weight is 140 g/mol. The molecule has 0 spiro atoms. The van der Waals surface area contributed by atoms with Crippen LogP contribution in [0.5, 0.6) is 0 Å². The SMILES string of the molecule is C=CCCC(C)(O)C1CC1. The summed E-state index contributed by atoms with van der Waals surface area (Å²) < 4.78 is 0. The fourth-order valence-corrected chi connectivity index (χ4v) is 1.30. The van der Waals surface area contributed by atoms with E-state index in [-0.39, 0.29) is 0 Å². The first-order chi connectivity index (χ1) is 4.67. The van der Waals surface area contributed by atoms with E-state index in [0.717, 1.165) is 12.8 Å². The highest BCUT2D eigenvalue weighted by Gasteiger charge is 2.38. The Kier molecular flexibility index (Phi) is 2.14. The third kappa shape index (κ3) is 1.84. The van der Waals surface area contributed by atoms with E-state index in [1.165, 1.54) is 12.8 Å². The lowest BCUT2D eigenvalue weighted by Gasteiger charge is -2.21. The van der Waals surface area contributed by atoms with Crippen molar-refractivity contribution >= 4 is 0 Å². The van der Waals surface area contributed by atoms with Gasteiger partial charge in [-0.05, 0) is 38.5 Å². The molecule has 0 aromatic heterocycles. The molecule has 0 aromatic rings. The highest BCUT2D eigenvalue weighted by molar-refractivity contribution is 4.92. The van der Waals surface area contributed by atoms with Crippen LogP contribution in [0.3, 0.4) is 0 Å². The summed E-state index contributed by atoms with van der Waals surface area (Å²) in [6, 6.07) is 0. The molecule has 58 valence electrons. The molecule has 1 unspecified atom stereocenters. The molecule has 0 heterocycles. The van der Waals surface area contributed by atoms with Crippen molar-refractivity contribution < 1.29 is 5.11 Å². The first-order valence-corrected chi connectivity index (χ1v) is 4.00. The number of hydrogen-bond donors (Lipinski definition) is 1. The van der Waals surface area contributed by atoms with Crippen molar-refractivity contribution in [2.75, 3.05) is 0 Å². The predicted octanol–water partition coefficient (Wildman–Crippen LogP) is 2.11. The lowest BCUT2D eigenvalue weighted by Crippen LogP contribution is -2.26. The summed E-state index contributed by atoms with van der Waals surface area (Å²) in [7, 11) is 0. The maximum absolute atomic E-state index is 9.74. The Morgan fingerprint density at radius 2 is 2.30 bits per heavy atom. The van der Waals surface area contributed by atoms with Gasteiger partial charge in [-0.2, -0.15) is 0 Å². The fraction of sp³-hybridized carbons (Fsp3) is 0.778. The van der Waals surface area contributed by atoms with Crippen LogP contribution in [-0.4, -0.2) is 10.7 Å². The molecule has 1 rings (SSSR count). The van der Waals surface area contributed by atoms with E-state index in [9.17, 15) is 5.11 Å². The van der Waals surface area contributed by atoms with Gasteiger partial charge in [0, 0.05) is 0 Å². The number of aliphatic hydroxyl groups is 1. The van der Waals surface area contributed by atoms with Gasteiger partial charge in [0.25, 0.3) is 0 Å². The molecule has 10 heavy (non-hydrogen) atoms. The zero-order valence-electron chi connectivity index (χ0n) is 6.64. The average Bonchev–Trinajstić information content (AvgIpc) is 2.64. The van der Waals surface area contributed by atoms with Crippen molar-refractivity contribution in [3.8, 4) is 0 Å². The Morgan fingerprint density at radius 1 is 1.70 bits per heavy atom. The monoisotopic (exact) mass is 140 g/mol. The van der Waals surface area contributed by atoms with Crippen molar-refractivity contribution in [1.29, 1.82) is 0 Å². The van der Waals surface area contributed by atoms with Gasteiger partial charge in [0.15, 0.2) is 0 Å². The highest BCUT2D eigenvalue weighted by atomic mass is 16.3. The number of allylic oxidation sites excluding steroid dienone is 1. The van der Waals surface area contributed by atoms with E-state index in [4.69, 9.17) is 0 Å². The molecule has 0 aromatic carbocycles. The number of hydrogen-bond acceptors (Lipinski definition) is 1. The van der Waals surface area contributed by atoms with Crippen LogP contribution in [0.1, 0.15) is 32.6 Å². The standard InChI is InChI=1S/C9H16O/c1-3-4-7-9(2,10)8-5-6-8/h3,8,10H,1,4-7H2,2H3. The lowest BCUT2D eigenvalue weighted by molar-refractivity contribution is 0.0291. The van der Waals surface area contributed by atoms with E-state index < -0.39 is 5.60 Å². The second-order valence-corrected chi connectivity index (χ2v) is 3.46. The lowest BCUT2D eigenvalue weighted by atomic mass is 9.95. The Hall–Kier alpha value is -0.300. The van der Waals surface area contributed by atoms with Gasteiger partial charge in [-0.15, -0.1) is 6.58 Å². The minimum Gasteiger partial charge on any atom is -0.390 e. The van der Waals surface area contributed by atoms with Crippen LogP contribution in [0.15, 0.2) is 12.7 Å². The van der Waals surface area contributed by atoms with Crippen molar-refractivity contribution in [1.82, 2.24) is 0 Å². The van der Waals surface area contributed by atoms with Crippen molar-refractivity contribution in [3.63, 3.8) is 0 Å². The van der Waals surface area contributed by atoms with E-state index in [1.807, 2.05) is 13.0 Å². The molecule has 0 bridgehead atoms. The molecule has 1 N–H and O–H groups in total. The van der Waals surface area contributed by atoms with Crippen LogP contribution >= 0.6 is 0 Å².